The number of carbonyl (C=O) groups excluding carboxylic acids is 4. The van der Waals surface area contributed by atoms with Crippen LogP contribution in [0.4, 0.5) is 17.1 Å². The fraction of sp³-hybridized carbons (Fsp3) is 0.462. The quantitative estimate of drug-likeness (QED) is 0.0780. The van der Waals surface area contributed by atoms with Crippen molar-refractivity contribution in [1.29, 1.82) is 0 Å². The molecule has 1 spiro atoms. The van der Waals surface area contributed by atoms with E-state index in [1.165, 1.54) is 23.1 Å². The number of nitrogens with one attached hydrogen (secondary N) is 2. The largest absolute Gasteiger partial charge is 0.497 e. The fourth-order valence-electron chi connectivity index (χ4n) is 11.5. The predicted octanol–water partition coefficient (Wildman–Crippen LogP) is -0.729. The molecule has 5 aliphatic heterocycles. The van der Waals surface area contributed by atoms with E-state index in [9.17, 15) is 60.3 Å². The highest BCUT2D eigenvalue weighted by Crippen LogP contribution is 2.60. The Morgan fingerprint density at radius 1 is 0.743 bits per heavy atom. The van der Waals surface area contributed by atoms with E-state index in [1.54, 1.807) is 36.3 Å². The molecule has 0 unspecified atom stereocenters. The molecule has 11 N–H and O–H groups in total. The second-order valence-corrected chi connectivity index (χ2v) is 25.0. The Morgan fingerprint density at radius 3 is 1.89 bits per heavy atom. The molecule has 0 aliphatic carbocycles. The average Bonchev–Trinajstić information content (AvgIpc) is 3.82. The summed E-state index contributed by atoms with van der Waals surface area (Å²) in [6.07, 6.45) is -19.3. The minimum Gasteiger partial charge on any atom is -0.497 e. The van der Waals surface area contributed by atoms with Crippen molar-refractivity contribution >= 4 is 54.0 Å². The number of anilines is 3. The molecule has 3 fully saturated rings. The van der Waals surface area contributed by atoms with Gasteiger partial charge in [0.05, 0.1) is 52.6 Å². The number of methoxy groups -OCH3 is 1. The molecule has 21 nitrogen and oxygen atoms in total. The smallest absolute Gasteiger partial charge is 0.264 e. The molecule has 0 bridgehead atoms. The molecule has 4 aromatic rings. The molecule has 0 saturated carbocycles. The standard InChI is InChI=1S/C52H62N4O17Si/c1-25-46(74(3,4)33-16-14-32(70-2)15-17-33)36(21-37(58)55-23-28-8-6-5-7-27(28)19-31(55)24-57)73-52(25)34-20-30(54-48(66)45-41(62)39(60)43(64)50(68)72-45)13-18-35(34)56(51(52)69)22-26-9-11-29(12-10-26)53-47(65)44-40(61)38(59)42(63)49(67)71-44/h5-18,20,25,31,36,38-46,49-50,57,59-64,67-68H,19,21-24H2,1-4H3,(H,53,65)(H,54,66)/t25-,31+,36+,38+,39+,40+,41+,42-,43-,44+,45+,46-,49-,50-,52+/m1/s1. The van der Waals surface area contributed by atoms with Crippen molar-refractivity contribution in [1.82, 2.24) is 4.90 Å². The topological polar surface area (TPSA) is 318 Å². The Labute approximate surface area is 426 Å². The molecule has 9 rings (SSSR count). The van der Waals surface area contributed by atoms with E-state index in [-0.39, 0.29) is 43.4 Å². The number of hydrogen-bond donors (Lipinski definition) is 11. The lowest BCUT2D eigenvalue weighted by Crippen LogP contribution is -2.60. The fourth-order valence-corrected chi connectivity index (χ4v) is 15.5. The third kappa shape index (κ3) is 9.41. The minimum absolute atomic E-state index is 0.0521. The summed E-state index contributed by atoms with van der Waals surface area (Å²) in [4.78, 5) is 60.7. The first kappa shape index (κ1) is 53.1. The lowest BCUT2D eigenvalue weighted by Gasteiger charge is -2.39. The van der Waals surface area contributed by atoms with Crippen molar-refractivity contribution < 1.29 is 84.1 Å². The van der Waals surface area contributed by atoms with Gasteiger partial charge in [0, 0.05) is 29.4 Å². The molecule has 4 amide bonds. The van der Waals surface area contributed by atoms with Gasteiger partial charge >= 0.3 is 0 Å². The summed E-state index contributed by atoms with van der Waals surface area (Å²) < 4.78 is 23.1. The first-order valence-corrected chi connectivity index (χ1v) is 27.5. The average molecular weight is 1040 g/mol. The number of rotatable bonds is 12. The molecule has 22 heteroatoms. The number of nitrogens with zero attached hydrogens (tertiary/aromatic N) is 2. The van der Waals surface area contributed by atoms with Crippen LogP contribution in [0.2, 0.25) is 18.6 Å². The van der Waals surface area contributed by atoms with Gasteiger partial charge in [0.25, 0.3) is 17.7 Å². The van der Waals surface area contributed by atoms with Gasteiger partial charge in [0.2, 0.25) is 5.91 Å². The third-order valence-corrected chi connectivity index (χ3v) is 20.0. The number of aliphatic hydroxyl groups is 9. The van der Waals surface area contributed by atoms with Gasteiger partial charge in [0.1, 0.15) is 42.4 Å². The normalized spacial score (nSPS) is 32.7. The van der Waals surface area contributed by atoms with E-state index < -0.39 is 116 Å². The van der Waals surface area contributed by atoms with E-state index in [0.29, 0.717) is 29.0 Å². The van der Waals surface area contributed by atoms with E-state index in [1.807, 2.05) is 55.5 Å². The molecule has 3 saturated heterocycles. The highest BCUT2D eigenvalue weighted by Gasteiger charge is 2.67. The SMILES string of the molecule is COc1ccc([Si](C)(C)[C@H]2[C@H](CC(=O)N3Cc4ccccc4C[C@H]3CO)O[C@@]3(C(=O)N(Cc4ccc(NC(=O)[C@H]5O[C@@H](O)[C@H](O)[C@@H](O)[C@@H]5O)cc4)c4ccc(NC(=O)[C@H]5O[C@@H](O)[C@H](O)[C@@H](O)[C@@H]5O)cc43)[C@@H]2C)cc1. The van der Waals surface area contributed by atoms with Crippen molar-refractivity contribution in [3.63, 3.8) is 0 Å². The van der Waals surface area contributed by atoms with Crippen LogP contribution in [0.15, 0.2) is 91.0 Å². The second-order valence-electron chi connectivity index (χ2n) is 20.3. The van der Waals surface area contributed by atoms with Gasteiger partial charge in [-0.25, -0.2) is 0 Å². The molecule has 15 atom stereocenters. The summed E-state index contributed by atoms with van der Waals surface area (Å²) >= 11 is 0. The van der Waals surface area contributed by atoms with Crippen molar-refractivity contribution in [3.8, 4) is 5.75 Å². The monoisotopic (exact) mass is 1040 g/mol. The summed E-state index contributed by atoms with van der Waals surface area (Å²) in [6.45, 7) is 6.16. The van der Waals surface area contributed by atoms with Crippen LogP contribution in [0.5, 0.6) is 5.75 Å². The first-order valence-electron chi connectivity index (χ1n) is 24.4. The number of hydrogen-bond acceptors (Lipinski definition) is 17. The summed E-state index contributed by atoms with van der Waals surface area (Å²) in [6, 6.07) is 26.0. The van der Waals surface area contributed by atoms with E-state index >= 15 is 4.79 Å². The van der Waals surface area contributed by atoms with Crippen LogP contribution in [0, 0.1) is 5.92 Å². The molecule has 74 heavy (non-hydrogen) atoms. The van der Waals surface area contributed by atoms with Gasteiger partial charge in [-0.3, -0.25) is 19.2 Å². The van der Waals surface area contributed by atoms with Gasteiger partial charge in [0.15, 0.2) is 30.4 Å². The number of amides is 4. The Balaban J connectivity index is 1.08. The van der Waals surface area contributed by atoms with E-state index in [0.717, 1.165) is 16.3 Å². The molecule has 4 aromatic carbocycles. The van der Waals surface area contributed by atoms with Gasteiger partial charge in [-0.15, -0.1) is 0 Å². The van der Waals surface area contributed by atoms with Crippen LogP contribution in [-0.4, -0.2) is 170 Å². The summed E-state index contributed by atoms with van der Waals surface area (Å²) in [7, 11) is -1.27. The van der Waals surface area contributed by atoms with Gasteiger partial charge in [-0.1, -0.05) is 73.7 Å². The zero-order chi connectivity index (χ0) is 53.1. The summed E-state index contributed by atoms with van der Waals surface area (Å²) in [5.41, 5.74) is 1.43. The molecule has 0 aromatic heterocycles. The van der Waals surface area contributed by atoms with Crippen LogP contribution in [0.25, 0.3) is 0 Å². The van der Waals surface area contributed by atoms with Gasteiger partial charge < -0.3 is 85.3 Å². The maximum Gasteiger partial charge on any atom is 0.264 e. The molecule has 0 radical (unpaired) electrons. The van der Waals surface area contributed by atoms with Gasteiger partial charge in [-0.2, -0.15) is 0 Å². The summed E-state index contributed by atoms with van der Waals surface area (Å²) in [5, 5.41) is 98.6. The predicted molar refractivity (Wildman–Crippen MR) is 265 cm³/mol. The highest BCUT2D eigenvalue weighted by molar-refractivity contribution is 6.91. The maximum absolute atomic E-state index is 15.8. The zero-order valence-electron chi connectivity index (χ0n) is 41.0. The molecule has 396 valence electrons. The number of carbonyl (C=O) groups is 4. The van der Waals surface area contributed by atoms with E-state index in [2.05, 4.69) is 23.7 Å². The Hall–Kier alpha value is -5.70. The Bertz CT molecular complexity index is 2750. The van der Waals surface area contributed by atoms with E-state index in [4.69, 9.17) is 18.9 Å². The van der Waals surface area contributed by atoms with Crippen molar-refractivity contribution in [2.45, 2.75) is 131 Å². The van der Waals surface area contributed by atoms with Crippen LogP contribution in [-0.2, 0) is 58.5 Å². The number of fused-ring (bicyclic) bond motifs is 3. The lowest BCUT2D eigenvalue weighted by atomic mass is 9.82. The third-order valence-electron chi connectivity index (χ3n) is 15.6. The van der Waals surface area contributed by atoms with Crippen LogP contribution >= 0.6 is 0 Å². The van der Waals surface area contributed by atoms with Crippen LogP contribution in [0.1, 0.15) is 35.6 Å². The number of benzene rings is 4. The summed E-state index contributed by atoms with van der Waals surface area (Å²) in [5.74, 6) is -2.65. The number of aliphatic hydroxyl groups excluding tert-OH is 9. The second kappa shape index (κ2) is 20.8. The Morgan fingerprint density at radius 2 is 1.31 bits per heavy atom. The van der Waals surface area contributed by atoms with Crippen molar-refractivity contribution in [2.75, 3.05) is 29.3 Å². The Kier molecular flexibility index (Phi) is 14.9. The van der Waals surface area contributed by atoms with Gasteiger partial charge in [-0.05, 0) is 71.1 Å². The molecule has 5 aliphatic rings. The van der Waals surface area contributed by atoms with Crippen molar-refractivity contribution in [2.24, 2.45) is 5.92 Å². The van der Waals surface area contributed by atoms with Crippen molar-refractivity contribution in [3.05, 3.63) is 113 Å². The minimum atomic E-state index is -2.84. The molecule has 5 heterocycles. The maximum atomic E-state index is 15.8. The first-order chi connectivity index (χ1) is 35.2. The lowest BCUT2D eigenvalue weighted by molar-refractivity contribution is -0.274. The molecular weight excluding hydrogens is 981 g/mol. The van der Waals surface area contributed by atoms with Crippen LogP contribution in [0.3, 0.4) is 0 Å². The zero-order valence-corrected chi connectivity index (χ0v) is 42.0. The highest BCUT2D eigenvalue weighted by atomic mass is 28.3. The molecular formula is C52H62N4O17Si. The van der Waals surface area contributed by atoms with Crippen LogP contribution < -0.4 is 25.5 Å². The number of ether oxygens (including phenoxy) is 4.